The first-order valence-corrected chi connectivity index (χ1v) is 5.65. The summed E-state index contributed by atoms with van der Waals surface area (Å²) in [5, 5.41) is 3.10. The highest BCUT2D eigenvalue weighted by atomic mass is 16.5. The molecule has 1 aromatic rings. The first kappa shape index (κ1) is 12.9. The molecular formula is C12H21N3O. The van der Waals surface area contributed by atoms with Gasteiger partial charge in [-0.05, 0) is 20.0 Å². The van der Waals surface area contributed by atoms with Crippen molar-refractivity contribution >= 4 is 5.82 Å². The SMILES string of the molecule is CCOCCN(C)Cc1cccnc1NC. The largest absolute Gasteiger partial charge is 0.380 e. The van der Waals surface area contributed by atoms with E-state index < -0.39 is 0 Å². The smallest absolute Gasteiger partial charge is 0.130 e. The Kier molecular flexibility index (Phi) is 5.82. The number of likely N-dealkylation sites (N-methyl/N-ethyl adjacent to an activating group) is 1. The number of nitrogens with one attached hydrogen (secondary N) is 1. The van der Waals surface area contributed by atoms with Gasteiger partial charge in [-0.2, -0.15) is 0 Å². The second-order valence-corrected chi connectivity index (χ2v) is 3.70. The highest BCUT2D eigenvalue weighted by molar-refractivity contribution is 5.42. The Morgan fingerprint density at radius 2 is 2.31 bits per heavy atom. The molecule has 0 aromatic carbocycles. The van der Waals surface area contributed by atoms with Gasteiger partial charge in [0, 0.05) is 38.5 Å². The summed E-state index contributed by atoms with van der Waals surface area (Å²) in [5.74, 6) is 0.950. The summed E-state index contributed by atoms with van der Waals surface area (Å²) in [7, 11) is 3.98. The van der Waals surface area contributed by atoms with Crippen molar-refractivity contribution in [1.29, 1.82) is 0 Å². The molecule has 4 nitrogen and oxygen atoms in total. The Balaban J connectivity index is 2.45. The molecule has 0 fully saturated rings. The minimum atomic E-state index is 0.780. The molecule has 0 aliphatic carbocycles. The summed E-state index contributed by atoms with van der Waals surface area (Å²) in [6, 6.07) is 4.06. The Bertz CT molecular complexity index is 304. The van der Waals surface area contributed by atoms with Gasteiger partial charge in [-0.15, -0.1) is 0 Å². The number of rotatable bonds is 7. The van der Waals surface area contributed by atoms with E-state index in [1.54, 1.807) is 6.20 Å². The number of anilines is 1. The Labute approximate surface area is 97.6 Å². The molecule has 1 rings (SSSR count). The zero-order valence-electron chi connectivity index (χ0n) is 10.4. The second kappa shape index (κ2) is 7.19. The minimum Gasteiger partial charge on any atom is -0.380 e. The Hall–Kier alpha value is -1.13. The summed E-state index contributed by atoms with van der Waals surface area (Å²) in [4.78, 5) is 6.51. The van der Waals surface area contributed by atoms with Crippen LogP contribution < -0.4 is 5.32 Å². The van der Waals surface area contributed by atoms with E-state index in [0.717, 1.165) is 32.1 Å². The van der Waals surface area contributed by atoms with Crippen molar-refractivity contribution in [3.8, 4) is 0 Å². The molecule has 0 unspecified atom stereocenters. The van der Waals surface area contributed by atoms with Gasteiger partial charge in [-0.3, -0.25) is 4.90 Å². The first-order valence-electron chi connectivity index (χ1n) is 5.65. The van der Waals surface area contributed by atoms with E-state index in [2.05, 4.69) is 28.3 Å². The van der Waals surface area contributed by atoms with Gasteiger partial charge in [-0.25, -0.2) is 4.98 Å². The van der Waals surface area contributed by atoms with E-state index in [-0.39, 0.29) is 0 Å². The average molecular weight is 223 g/mol. The highest BCUT2D eigenvalue weighted by Crippen LogP contribution is 2.12. The number of pyridine rings is 1. The van der Waals surface area contributed by atoms with Crippen molar-refractivity contribution < 1.29 is 4.74 Å². The van der Waals surface area contributed by atoms with Crippen molar-refractivity contribution in [3.63, 3.8) is 0 Å². The van der Waals surface area contributed by atoms with Crippen molar-refractivity contribution in [2.24, 2.45) is 0 Å². The number of aromatic nitrogens is 1. The monoisotopic (exact) mass is 223 g/mol. The standard InChI is InChI=1S/C12H21N3O/c1-4-16-9-8-15(3)10-11-6-5-7-14-12(11)13-2/h5-7H,4,8-10H2,1-3H3,(H,13,14). The fourth-order valence-corrected chi connectivity index (χ4v) is 1.53. The molecule has 1 aromatic heterocycles. The molecule has 0 aliphatic heterocycles. The van der Waals surface area contributed by atoms with Crippen LogP contribution in [-0.4, -0.2) is 43.7 Å². The van der Waals surface area contributed by atoms with Gasteiger partial charge in [0.25, 0.3) is 0 Å². The molecule has 0 bridgehead atoms. The van der Waals surface area contributed by atoms with Crippen LogP contribution in [0.15, 0.2) is 18.3 Å². The molecule has 0 radical (unpaired) electrons. The van der Waals surface area contributed by atoms with Crippen molar-refractivity contribution in [2.45, 2.75) is 13.5 Å². The molecule has 0 spiro atoms. The van der Waals surface area contributed by atoms with E-state index >= 15 is 0 Å². The first-order chi connectivity index (χ1) is 7.77. The lowest BCUT2D eigenvalue weighted by molar-refractivity contribution is 0.120. The van der Waals surface area contributed by atoms with Gasteiger partial charge in [0.05, 0.1) is 6.61 Å². The van der Waals surface area contributed by atoms with Gasteiger partial charge in [0.2, 0.25) is 0 Å². The van der Waals surface area contributed by atoms with Crippen molar-refractivity contribution in [1.82, 2.24) is 9.88 Å². The van der Waals surface area contributed by atoms with Crippen LogP contribution in [0.5, 0.6) is 0 Å². The zero-order chi connectivity index (χ0) is 11.8. The molecule has 4 heteroatoms. The molecule has 1 N–H and O–H groups in total. The molecule has 0 saturated heterocycles. The van der Waals surface area contributed by atoms with Gasteiger partial charge in [0.15, 0.2) is 0 Å². The van der Waals surface area contributed by atoms with Crippen LogP contribution in [0.4, 0.5) is 5.82 Å². The molecule has 0 aliphatic rings. The van der Waals surface area contributed by atoms with Crippen LogP contribution in [0.3, 0.4) is 0 Å². The van der Waals surface area contributed by atoms with Gasteiger partial charge in [0.1, 0.15) is 5.82 Å². The van der Waals surface area contributed by atoms with Crippen molar-refractivity contribution in [2.75, 3.05) is 39.2 Å². The number of nitrogens with zero attached hydrogens (tertiary/aromatic N) is 2. The van der Waals surface area contributed by atoms with Crippen LogP contribution in [0.2, 0.25) is 0 Å². The fraction of sp³-hybridized carbons (Fsp3) is 0.583. The summed E-state index contributed by atoms with van der Waals surface area (Å²) >= 11 is 0. The predicted molar refractivity (Wildman–Crippen MR) is 66.6 cm³/mol. The molecule has 16 heavy (non-hydrogen) atoms. The number of hydrogen-bond donors (Lipinski definition) is 1. The lowest BCUT2D eigenvalue weighted by Crippen LogP contribution is -2.23. The van der Waals surface area contributed by atoms with Gasteiger partial charge >= 0.3 is 0 Å². The van der Waals surface area contributed by atoms with Crippen LogP contribution in [0, 0.1) is 0 Å². The van der Waals surface area contributed by atoms with Crippen molar-refractivity contribution in [3.05, 3.63) is 23.9 Å². The van der Waals surface area contributed by atoms with E-state index in [1.165, 1.54) is 5.56 Å². The molecule has 0 saturated carbocycles. The maximum Gasteiger partial charge on any atom is 0.130 e. The van der Waals surface area contributed by atoms with Gasteiger partial charge < -0.3 is 10.1 Å². The molecule has 0 atom stereocenters. The zero-order valence-corrected chi connectivity index (χ0v) is 10.4. The maximum atomic E-state index is 5.33. The van der Waals surface area contributed by atoms with Crippen LogP contribution in [-0.2, 0) is 11.3 Å². The minimum absolute atomic E-state index is 0.780. The summed E-state index contributed by atoms with van der Waals surface area (Å²) in [5.41, 5.74) is 1.21. The number of hydrogen-bond acceptors (Lipinski definition) is 4. The molecule has 1 heterocycles. The summed E-state index contributed by atoms with van der Waals surface area (Å²) < 4.78 is 5.33. The predicted octanol–water partition coefficient (Wildman–Crippen LogP) is 1.59. The fourth-order valence-electron chi connectivity index (χ4n) is 1.53. The van der Waals surface area contributed by atoms with E-state index in [9.17, 15) is 0 Å². The summed E-state index contributed by atoms with van der Waals surface area (Å²) in [6.07, 6.45) is 1.80. The normalized spacial score (nSPS) is 10.8. The van der Waals surface area contributed by atoms with Crippen LogP contribution >= 0.6 is 0 Å². The third kappa shape index (κ3) is 4.16. The Morgan fingerprint density at radius 3 is 3.00 bits per heavy atom. The van der Waals surface area contributed by atoms with Crippen LogP contribution in [0.25, 0.3) is 0 Å². The van der Waals surface area contributed by atoms with Crippen LogP contribution in [0.1, 0.15) is 12.5 Å². The Morgan fingerprint density at radius 1 is 1.50 bits per heavy atom. The number of ether oxygens (including phenoxy) is 1. The van der Waals surface area contributed by atoms with E-state index in [1.807, 2.05) is 20.0 Å². The highest BCUT2D eigenvalue weighted by Gasteiger charge is 2.04. The third-order valence-electron chi connectivity index (χ3n) is 2.39. The maximum absolute atomic E-state index is 5.33. The molecule has 90 valence electrons. The van der Waals surface area contributed by atoms with Gasteiger partial charge in [-0.1, -0.05) is 6.07 Å². The summed E-state index contributed by atoms with van der Waals surface area (Å²) in [6.45, 7) is 5.40. The van der Waals surface area contributed by atoms with E-state index in [0.29, 0.717) is 0 Å². The molecular weight excluding hydrogens is 202 g/mol. The third-order valence-corrected chi connectivity index (χ3v) is 2.39. The molecule has 0 amide bonds. The van der Waals surface area contributed by atoms with E-state index in [4.69, 9.17) is 4.74 Å². The lowest BCUT2D eigenvalue weighted by atomic mass is 10.2. The topological polar surface area (TPSA) is 37.4 Å². The average Bonchev–Trinajstić information content (AvgIpc) is 2.30. The lowest BCUT2D eigenvalue weighted by Gasteiger charge is -2.17. The second-order valence-electron chi connectivity index (χ2n) is 3.70. The quantitative estimate of drug-likeness (QED) is 0.712.